The molecule has 1 aromatic carbocycles. The predicted molar refractivity (Wildman–Crippen MR) is 59.1 cm³/mol. The Morgan fingerprint density at radius 1 is 1.44 bits per heavy atom. The summed E-state index contributed by atoms with van der Waals surface area (Å²) in [5.74, 6) is 0.421. The third-order valence-electron chi connectivity index (χ3n) is 3.23. The van der Waals surface area contributed by atoms with Crippen LogP contribution in [-0.4, -0.2) is 12.4 Å². The van der Waals surface area contributed by atoms with Gasteiger partial charge in [-0.1, -0.05) is 18.2 Å². The van der Waals surface area contributed by atoms with Crippen molar-refractivity contribution in [1.29, 1.82) is 5.41 Å². The van der Waals surface area contributed by atoms with Gasteiger partial charge in [-0.25, -0.2) is 9.78 Å². The molecule has 0 bridgehead atoms. The molecule has 2 N–H and O–H groups in total. The third-order valence-corrected chi connectivity index (χ3v) is 3.23. The Morgan fingerprint density at radius 2 is 2.31 bits per heavy atom. The van der Waals surface area contributed by atoms with E-state index in [0.29, 0.717) is 12.4 Å². The van der Waals surface area contributed by atoms with E-state index in [4.69, 9.17) is 15.2 Å². The minimum Gasteiger partial charge on any atom is -0.336 e. The number of amidine groups is 1. The molecular formula is C12H14N2O2. The molecule has 0 aliphatic carbocycles. The molecule has 1 atom stereocenters. The van der Waals surface area contributed by atoms with Gasteiger partial charge in [0.2, 0.25) is 5.72 Å². The van der Waals surface area contributed by atoms with Crippen molar-refractivity contribution in [2.45, 2.75) is 25.5 Å². The highest BCUT2D eigenvalue weighted by molar-refractivity contribution is 6.02. The maximum absolute atomic E-state index is 7.94. The molecule has 4 heteroatoms. The summed E-state index contributed by atoms with van der Waals surface area (Å²) >= 11 is 0. The van der Waals surface area contributed by atoms with Crippen LogP contribution in [0, 0.1) is 12.3 Å². The standard InChI is InChI=1S/C12H14N2O2/c1-8-4-2-5-9-10(8)12(14-11(9)13)6-3-7-15-16-12/h2,4-5H,3,6-7H2,1H3,(H2,13,14). The van der Waals surface area contributed by atoms with Gasteiger partial charge in [0.25, 0.3) is 0 Å². The van der Waals surface area contributed by atoms with Crippen LogP contribution in [0.1, 0.15) is 29.5 Å². The molecule has 2 aliphatic heterocycles. The molecule has 1 saturated heterocycles. The van der Waals surface area contributed by atoms with Crippen LogP contribution in [0.15, 0.2) is 18.2 Å². The van der Waals surface area contributed by atoms with E-state index in [9.17, 15) is 0 Å². The van der Waals surface area contributed by atoms with E-state index in [1.807, 2.05) is 25.1 Å². The summed E-state index contributed by atoms with van der Waals surface area (Å²) in [5, 5.41) is 11.1. The van der Waals surface area contributed by atoms with Crippen LogP contribution in [0.2, 0.25) is 0 Å². The molecule has 2 aliphatic rings. The average molecular weight is 218 g/mol. The first-order chi connectivity index (χ1) is 7.73. The van der Waals surface area contributed by atoms with Crippen LogP contribution in [-0.2, 0) is 15.5 Å². The van der Waals surface area contributed by atoms with Gasteiger partial charge in [0.15, 0.2) is 0 Å². The lowest BCUT2D eigenvalue weighted by Crippen LogP contribution is -2.44. The summed E-state index contributed by atoms with van der Waals surface area (Å²) < 4.78 is 0. The van der Waals surface area contributed by atoms with Gasteiger partial charge < -0.3 is 5.32 Å². The van der Waals surface area contributed by atoms with E-state index in [1.54, 1.807) is 0 Å². The van der Waals surface area contributed by atoms with Crippen LogP contribution < -0.4 is 5.32 Å². The number of aryl methyl sites for hydroxylation is 1. The first kappa shape index (κ1) is 9.81. The lowest BCUT2D eigenvalue weighted by atomic mass is 9.93. The number of benzene rings is 1. The molecule has 1 spiro atoms. The smallest absolute Gasteiger partial charge is 0.200 e. The second-order valence-corrected chi connectivity index (χ2v) is 4.33. The summed E-state index contributed by atoms with van der Waals surface area (Å²) in [6.45, 7) is 2.66. The van der Waals surface area contributed by atoms with Crippen LogP contribution in [0.25, 0.3) is 0 Å². The molecular weight excluding hydrogens is 204 g/mol. The van der Waals surface area contributed by atoms with E-state index in [1.165, 1.54) is 0 Å². The van der Waals surface area contributed by atoms with Crippen molar-refractivity contribution in [2.24, 2.45) is 0 Å². The Balaban J connectivity index is 2.16. The Morgan fingerprint density at radius 3 is 3.06 bits per heavy atom. The number of fused-ring (bicyclic) bond motifs is 2. The molecule has 84 valence electrons. The van der Waals surface area contributed by atoms with Gasteiger partial charge >= 0.3 is 0 Å². The van der Waals surface area contributed by atoms with Crippen LogP contribution in [0.3, 0.4) is 0 Å². The van der Waals surface area contributed by atoms with Crippen LogP contribution in [0.4, 0.5) is 0 Å². The molecule has 0 aromatic heterocycles. The topological polar surface area (TPSA) is 54.3 Å². The second-order valence-electron chi connectivity index (χ2n) is 4.33. The van der Waals surface area contributed by atoms with Crippen molar-refractivity contribution in [3.8, 4) is 0 Å². The maximum atomic E-state index is 7.94. The quantitative estimate of drug-likeness (QED) is 0.653. The second kappa shape index (κ2) is 3.30. The van der Waals surface area contributed by atoms with E-state index in [0.717, 1.165) is 29.5 Å². The minimum absolute atomic E-state index is 0.421. The van der Waals surface area contributed by atoms with Crippen molar-refractivity contribution in [3.05, 3.63) is 34.9 Å². The summed E-state index contributed by atoms with van der Waals surface area (Å²) in [5.41, 5.74) is 2.48. The molecule has 0 radical (unpaired) electrons. The minimum atomic E-state index is -0.629. The Hall–Kier alpha value is -1.39. The zero-order chi connectivity index (χ0) is 11.2. The maximum Gasteiger partial charge on any atom is 0.200 e. The molecule has 16 heavy (non-hydrogen) atoms. The fourth-order valence-electron chi connectivity index (χ4n) is 2.56. The first-order valence-electron chi connectivity index (χ1n) is 5.51. The SMILES string of the molecule is Cc1cccc2c1C1(CCCOO1)NC2=N. The number of rotatable bonds is 0. The van der Waals surface area contributed by atoms with E-state index in [-0.39, 0.29) is 0 Å². The monoisotopic (exact) mass is 218 g/mol. The number of nitrogens with one attached hydrogen (secondary N) is 2. The highest BCUT2D eigenvalue weighted by atomic mass is 17.2. The first-order valence-corrected chi connectivity index (χ1v) is 5.51. The van der Waals surface area contributed by atoms with E-state index < -0.39 is 5.72 Å². The number of hydrogen-bond acceptors (Lipinski definition) is 3. The lowest BCUT2D eigenvalue weighted by Gasteiger charge is -2.33. The van der Waals surface area contributed by atoms with Gasteiger partial charge in [-0.3, -0.25) is 5.41 Å². The van der Waals surface area contributed by atoms with Crippen LogP contribution >= 0.6 is 0 Å². The molecule has 1 aromatic rings. The largest absolute Gasteiger partial charge is 0.336 e. The summed E-state index contributed by atoms with van der Waals surface area (Å²) in [4.78, 5) is 10.6. The molecule has 4 nitrogen and oxygen atoms in total. The highest BCUT2D eigenvalue weighted by Crippen LogP contribution is 2.40. The summed E-state index contributed by atoms with van der Waals surface area (Å²) in [6, 6.07) is 5.95. The van der Waals surface area contributed by atoms with Gasteiger partial charge in [-0.05, 0) is 18.9 Å². The molecule has 0 saturated carbocycles. The van der Waals surface area contributed by atoms with Gasteiger partial charge in [0.05, 0.1) is 6.61 Å². The molecule has 2 heterocycles. The van der Waals surface area contributed by atoms with Gasteiger partial charge in [0.1, 0.15) is 5.84 Å². The average Bonchev–Trinajstić information content (AvgIpc) is 2.55. The van der Waals surface area contributed by atoms with E-state index in [2.05, 4.69) is 5.32 Å². The Labute approximate surface area is 94.0 Å². The van der Waals surface area contributed by atoms with Crippen molar-refractivity contribution in [3.63, 3.8) is 0 Å². The summed E-state index contributed by atoms with van der Waals surface area (Å²) in [7, 11) is 0. The van der Waals surface area contributed by atoms with E-state index >= 15 is 0 Å². The third kappa shape index (κ3) is 1.20. The fourth-order valence-corrected chi connectivity index (χ4v) is 2.56. The molecule has 1 unspecified atom stereocenters. The molecule has 0 amide bonds. The van der Waals surface area contributed by atoms with Crippen molar-refractivity contribution < 1.29 is 9.78 Å². The zero-order valence-corrected chi connectivity index (χ0v) is 9.17. The predicted octanol–water partition coefficient (Wildman–Crippen LogP) is 1.82. The Kier molecular flexibility index (Phi) is 2.02. The van der Waals surface area contributed by atoms with Crippen molar-refractivity contribution in [1.82, 2.24) is 5.32 Å². The van der Waals surface area contributed by atoms with Crippen molar-refractivity contribution >= 4 is 5.84 Å². The molecule has 1 fully saturated rings. The summed E-state index contributed by atoms with van der Waals surface area (Å²) in [6.07, 6.45) is 1.78. The van der Waals surface area contributed by atoms with Gasteiger partial charge in [0, 0.05) is 17.5 Å². The highest BCUT2D eigenvalue weighted by Gasteiger charge is 2.45. The van der Waals surface area contributed by atoms with Crippen molar-refractivity contribution in [2.75, 3.05) is 6.61 Å². The zero-order valence-electron chi connectivity index (χ0n) is 9.17. The normalized spacial score (nSPS) is 27.9. The fraction of sp³-hybridized carbons (Fsp3) is 0.417. The van der Waals surface area contributed by atoms with Gasteiger partial charge in [-0.15, -0.1) is 0 Å². The molecule has 3 rings (SSSR count). The Bertz CT molecular complexity index is 450. The van der Waals surface area contributed by atoms with Crippen LogP contribution in [0.5, 0.6) is 0 Å². The lowest BCUT2D eigenvalue weighted by molar-refractivity contribution is -0.393. The van der Waals surface area contributed by atoms with Gasteiger partial charge in [-0.2, -0.15) is 0 Å². The number of hydrogen-bond donors (Lipinski definition) is 2.